The maximum atomic E-state index is 9.66. The van der Waals surface area contributed by atoms with Crippen molar-refractivity contribution in [2.75, 3.05) is 0 Å². The number of nitrogens with zero attached hydrogens (tertiary/aromatic N) is 2. The summed E-state index contributed by atoms with van der Waals surface area (Å²) in [4.78, 5) is 19.3. The Kier molecular flexibility index (Phi) is 6.23. The molecule has 0 atom stereocenters. The zero-order chi connectivity index (χ0) is 10.8. The highest BCUT2D eigenvalue weighted by Crippen LogP contribution is 1.79. The smallest absolute Gasteiger partial charge is 0.348 e. The Labute approximate surface area is 80.6 Å². The lowest BCUT2D eigenvalue weighted by atomic mass is 10.4. The second kappa shape index (κ2) is 7.41. The van der Waals surface area contributed by atoms with Crippen LogP contribution in [0.3, 0.4) is 0 Å². The monoisotopic (exact) mass is 194 g/mol. The summed E-state index contributed by atoms with van der Waals surface area (Å²) >= 11 is 0. The number of azo groups is 1. The van der Waals surface area contributed by atoms with Gasteiger partial charge in [0.1, 0.15) is 0 Å². The fourth-order valence-corrected chi connectivity index (χ4v) is 0.483. The fourth-order valence-electron chi connectivity index (χ4n) is 0.483. The van der Waals surface area contributed by atoms with E-state index in [0.29, 0.717) is 0 Å². The highest BCUT2D eigenvalue weighted by atomic mass is 16.2. The molecule has 1 aromatic rings. The number of hydrogen-bond donors (Lipinski definition) is 2. The van der Waals surface area contributed by atoms with Crippen LogP contribution in [0.15, 0.2) is 46.6 Å². The van der Waals surface area contributed by atoms with Crippen LogP contribution in [0.2, 0.25) is 0 Å². The summed E-state index contributed by atoms with van der Waals surface area (Å²) < 4.78 is 0. The van der Waals surface area contributed by atoms with Crippen molar-refractivity contribution in [2.24, 2.45) is 21.7 Å². The van der Waals surface area contributed by atoms with Crippen molar-refractivity contribution in [1.82, 2.24) is 0 Å². The van der Waals surface area contributed by atoms with Crippen molar-refractivity contribution in [3.63, 3.8) is 0 Å². The number of nitrogens with two attached hydrogens (primary N) is 2. The summed E-state index contributed by atoms with van der Waals surface area (Å²) in [5.74, 6) is 0. The van der Waals surface area contributed by atoms with Crippen LogP contribution in [0.5, 0.6) is 0 Å². The molecule has 0 saturated carbocycles. The van der Waals surface area contributed by atoms with Crippen molar-refractivity contribution in [1.29, 1.82) is 0 Å². The molecule has 0 unspecified atom stereocenters. The molecule has 1 aromatic carbocycles. The largest absolute Gasteiger partial charge is 0.357 e. The van der Waals surface area contributed by atoms with E-state index in [2.05, 4.69) is 21.7 Å². The van der Waals surface area contributed by atoms with Gasteiger partial charge in [0.2, 0.25) is 0 Å². The predicted molar refractivity (Wildman–Crippen MR) is 50.5 cm³/mol. The lowest BCUT2D eigenvalue weighted by Gasteiger charge is -1.74. The lowest BCUT2D eigenvalue weighted by Crippen LogP contribution is -2.07. The average molecular weight is 194 g/mol. The Morgan fingerprint density at radius 1 is 0.714 bits per heavy atom. The zero-order valence-electron chi connectivity index (χ0n) is 7.33. The van der Waals surface area contributed by atoms with Crippen molar-refractivity contribution >= 4 is 12.1 Å². The minimum absolute atomic E-state index is 1.04. The second-order valence-corrected chi connectivity index (χ2v) is 2.03. The van der Waals surface area contributed by atoms with E-state index >= 15 is 0 Å². The molecule has 0 spiro atoms. The van der Waals surface area contributed by atoms with Gasteiger partial charge >= 0.3 is 12.1 Å². The average Bonchev–Trinajstić information content (AvgIpc) is 2.18. The van der Waals surface area contributed by atoms with E-state index in [4.69, 9.17) is 0 Å². The van der Waals surface area contributed by atoms with E-state index in [-0.39, 0.29) is 0 Å². The Balaban J connectivity index is 0.000000249. The standard InChI is InChI=1S/C6H6.C2H4N4O2/c1-2-4-6-5-3-1;3-1(7)5-6-2(4)8/h1-6H;(H2,3,7)(H2,4,8)/b;6-5+. The summed E-state index contributed by atoms with van der Waals surface area (Å²) in [6, 6.07) is 9.92. The first-order chi connectivity index (χ1) is 6.63. The van der Waals surface area contributed by atoms with Gasteiger partial charge in [0.15, 0.2) is 0 Å². The van der Waals surface area contributed by atoms with Gasteiger partial charge in [-0.1, -0.05) is 46.6 Å². The van der Waals surface area contributed by atoms with Crippen LogP contribution in [0, 0.1) is 0 Å². The molecule has 0 fully saturated rings. The lowest BCUT2D eigenvalue weighted by molar-refractivity contribution is 0.249. The molecule has 0 aliphatic carbocycles. The molecule has 0 aliphatic rings. The van der Waals surface area contributed by atoms with Crippen molar-refractivity contribution in [3.05, 3.63) is 36.4 Å². The summed E-state index contributed by atoms with van der Waals surface area (Å²) in [5.41, 5.74) is 8.87. The summed E-state index contributed by atoms with van der Waals surface area (Å²) in [7, 11) is 0. The molecular formula is C8H10N4O2. The van der Waals surface area contributed by atoms with Gasteiger partial charge in [0.25, 0.3) is 0 Å². The van der Waals surface area contributed by atoms with Gasteiger partial charge in [0, 0.05) is 0 Å². The quantitative estimate of drug-likeness (QED) is 0.606. The van der Waals surface area contributed by atoms with Crippen LogP contribution in [0.4, 0.5) is 9.59 Å². The van der Waals surface area contributed by atoms with E-state index in [1.807, 2.05) is 36.4 Å². The maximum absolute atomic E-state index is 9.66. The summed E-state index contributed by atoms with van der Waals surface area (Å²) in [6.45, 7) is 0. The van der Waals surface area contributed by atoms with Crippen molar-refractivity contribution < 1.29 is 9.59 Å². The molecule has 0 heterocycles. The number of urea groups is 2. The van der Waals surface area contributed by atoms with Crippen molar-refractivity contribution in [3.8, 4) is 0 Å². The van der Waals surface area contributed by atoms with Gasteiger partial charge in [-0.15, -0.1) is 0 Å². The number of hydrogen-bond acceptors (Lipinski definition) is 2. The van der Waals surface area contributed by atoms with Crippen LogP contribution in [-0.2, 0) is 0 Å². The minimum Gasteiger partial charge on any atom is -0.348 e. The second-order valence-electron chi connectivity index (χ2n) is 2.03. The van der Waals surface area contributed by atoms with Crippen LogP contribution < -0.4 is 11.5 Å². The number of amides is 4. The van der Waals surface area contributed by atoms with E-state index in [1.165, 1.54) is 0 Å². The molecule has 0 aromatic heterocycles. The molecule has 0 aliphatic heterocycles. The van der Waals surface area contributed by atoms with Gasteiger partial charge in [0.05, 0.1) is 0 Å². The minimum atomic E-state index is -1.04. The van der Waals surface area contributed by atoms with E-state index < -0.39 is 12.1 Å². The first-order valence-corrected chi connectivity index (χ1v) is 3.63. The molecular weight excluding hydrogens is 184 g/mol. The molecule has 4 N–H and O–H groups in total. The van der Waals surface area contributed by atoms with Gasteiger partial charge in [-0.05, 0) is 0 Å². The Bertz CT molecular complexity index is 268. The number of benzene rings is 1. The molecule has 6 heteroatoms. The van der Waals surface area contributed by atoms with Crippen LogP contribution in [0.25, 0.3) is 0 Å². The van der Waals surface area contributed by atoms with Gasteiger partial charge in [-0.3, -0.25) is 0 Å². The number of rotatable bonds is 0. The van der Waals surface area contributed by atoms with Crippen LogP contribution in [0.1, 0.15) is 0 Å². The Morgan fingerprint density at radius 2 is 0.929 bits per heavy atom. The maximum Gasteiger partial charge on any atom is 0.357 e. The van der Waals surface area contributed by atoms with E-state index in [1.54, 1.807) is 0 Å². The van der Waals surface area contributed by atoms with Crippen molar-refractivity contribution in [2.45, 2.75) is 0 Å². The number of carbonyl (C=O) groups excluding carboxylic acids is 2. The molecule has 0 radical (unpaired) electrons. The van der Waals surface area contributed by atoms with Crippen LogP contribution in [-0.4, -0.2) is 12.1 Å². The number of carbonyl (C=O) groups is 2. The van der Waals surface area contributed by atoms with Gasteiger partial charge in [-0.25, -0.2) is 9.59 Å². The third-order valence-electron chi connectivity index (χ3n) is 0.914. The molecule has 1 rings (SSSR count). The van der Waals surface area contributed by atoms with Gasteiger partial charge in [-0.2, -0.15) is 0 Å². The van der Waals surface area contributed by atoms with Gasteiger partial charge < -0.3 is 11.5 Å². The molecule has 0 bridgehead atoms. The van der Waals surface area contributed by atoms with E-state index in [0.717, 1.165) is 0 Å². The zero-order valence-corrected chi connectivity index (χ0v) is 7.33. The predicted octanol–water partition coefficient (Wildman–Crippen LogP) is 1.28. The Hall–Kier alpha value is -2.24. The first-order valence-electron chi connectivity index (χ1n) is 3.63. The highest BCUT2D eigenvalue weighted by molar-refractivity contribution is 5.77. The SMILES string of the molecule is NC(=O)/N=N/C(N)=O.c1ccccc1. The van der Waals surface area contributed by atoms with Crippen LogP contribution >= 0.6 is 0 Å². The molecule has 6 nitrogen and oxygen atoms in total. The molecule has 74 valence electrons. The molecule has 4 amide bonds. The summed E-state index contributed by atoms with van der Waals surface area (Å²) in [6.07, 6.45) is 0. The molecule has 0 saturated heterocycles. The topological polar surface area (TPSA) is 111 Å². The highest BCUT2D eigenvalue weighted by Gasteiger charge is 1.86. The molecule has 14 heavy (non-hydrogen) atoms. The number of primary amides is 2. The van der Waals surface area contributed by atoms with E-state index in [9.17, 15) is 9.59 Å². The first kappa shape index (κ1) is 11.8. The summed E-state index contributed by atoms with van der Waals surface area (Å²) in [5, 5.41) is 5.23. The third kappa shape index (κ3) is 9.76. The Morgan fingerprint density at radius 3 is 1.07 bits per heavy atom. The normalized spacial score (nSPS) is 8.86. The third-order valence-corrected chi connectivity index (χ3v) is 0.914. The fraction of sp³-hybridized carbons (Fsp3) is 0.